The number of piperidine rings is 1. The predicted octanol–water partition coefficient (Wildman–Crippen LogP) is 3.75. The first-order chi connectivity index (χ1) is 15.6. The van der Waals surface area contributed by atoms with E-state index in [0.717, 1.165) is 54.4 Å². The molecular formula is C24H28N6O2. The second-order valence-electron chi connectivity index (χ2n) is 7.99. The highest BCUT2D eigenvalue weighted by atomic mass is 16.5. The summed E-state index contributed by atoms with van der Waals surface area (Å²) < 4.78 is 5.16. The van der Waals surface area contributed by atoms with Crippen molar-refractivity contribution in [3.05, 3.63) is 66.4 Å². The van der Waals surface area contributed by atoms with Gasteiger partial charge in [-0.25, -0.2) is 4.98 Å². The molecule has 0 spiro atoms. The number of nitrogens with zero attached hydrogens (tertiary/aromatic N) is 4. The van der Waals surface area contributed by atoms with Gasteiger partial charge in [0.05, 0.1) is 19.9 Å². The summed E-state index contributed by atoms with van der Waals surface area (Å²) in [4.78, 5) is 27.9. The van der Waals surface area contributed by atoms with E-state index in [1.165, 1.54) is 0 Å². The summed E-state index contributed by atoms with van der Waals surface area (Å²) in [5.41, 5.74) is 3.70. The number of nitrogens with one attached hydrogen (secondary N) is 2. The molecular weight excluding hydrogens is 404 g/mol. The summed E-state index contributed by atoms with van der Waals surface area (Å²) in [6, 6.07) is 11.4. The molecule has 0 radical (unpaired) electrons. The van der Waals surface area contributed by atoms with Gasteiger partial charge in [-0.15, -0.1) is 0 Å². The maximum absolute atomic E-state index is 12.6. The summed E-state index contributed by atoms with van der Waals surface area (Å²) in [6.07, 6.45) is 7.09. The van der Waals surface area contributed by atoms with Crippen LogP contribution in [0.5, 0.6) is 5.75 Å². The molecule has 2 N–H and O–H groups in total. The van der Waals surface area contributed by atoms with Crippen LogP contribution in [0.3, 0.4) is 0 Å². The average Bonchev–Trinajstić information content (AvgIpc) is 2.80. The summed E-state index contributed by atoms with van der Waals surface area (Å²) in [6.45, 7) is 4.06. The van der Waals surface area contributed by atoms with Gasteiger partial charge in [-0.05, 0) is 62.7 Å². The Hall–Kier alpha value is -3.52. The SMILES string of the molecule is COc1ccc(NC(=O)CN2CCC[C@H](c3cc(Nc4cnccn4)cc(C)n3)C2)cc1. The first-order valence-electron chi connectivity index (χ1n) is 10.8. The van der Waals surface area contributed by atoms with E-state index >= 15 is 0 Å². The number of likely N-dealkylation sites (tertiary alicyclic amines) is 1. The van der Waals surface area contributed by atoms with Crippen molar-refractivity contribution >= 4 is 23.1 Å². The number of carbonyl (C=O) groups excluding carboxylic acids is 1. The quantitative estimate of drug-likeness (QED) is 0.587. The Morgan fingerprint density at radius 3 is 2.78 bits per heavy atom. The molecule has 1 atom stereocenters. The first-order valence-corrected chi connectivity index (χ1v) is 10.8. The molecule has 2 aromatic heterocycles. The maximum atomic E-state index is 12.6. The Morgan fingerprint density at radius 2 is 2.03 bits per heavy atom. The molecule has 166 valence electrons. The predicted molar refractivity (Wildman–Crippen MR) is 124 cm³/mol. The van der Waals surface area contributed by atoms with Gasteiger partial charge in [0.1, 0.15) is 11.6 Å². The second-order valence-corrected chi connectivity index (χ2v) is 7.99. The van der Waals surface area contributed by atoms with Crippen molar-refractivity contribution in [1.82, 2.24) is 19.9 Å². The van der Waals surface area contributed by atoms with Gasteiger partial charge in [-0.3, -0.25) is 19.7 Å². The summed E-state index contributed by atoms with van der Waals surface area (Å²) in [7, 11) is 1.62. The topological polar surface area (TPSA) is 92.3 Å². The number of hydrogen-bond acceptors (Lipinski definition) is 7. The number of rotatable bonds is 7. The van der Waals surface area contributed by atoms with Crippen LogP contribution in [-0.2, 0) is 4.79 Å². The Kier molecular flexibility index (Phi) is 6.91. The smallest absolute Gasteiger partial charge is 0.238 e. The number of benzene rings is 1. The van der Waals surface area contributed by atoms with E-state index in [9.17, 15) is 4.79 Å². The highest BCUT2D eigenvalue weighted by Gasteiger charge is 2.24. The van der Waals surface area contributed by atoms with Gasteiger partial charge in [0, 0.05) is 47.6 Å². The fourth-order valence-corrected chi connectivity index (χ4v) is 4.01. The number of aromatic nitrogens is 3. The molecule has 0 aliphatic carbocycles. The van der Waals surface area contributed by atoms with Crippen molar-refractivity contribution in [2.45, 2.75) is 25.7 Å². The van der Waals surface area contributed by atoms with E-state index in [1.54, 1.807) is 25.7 Å². The van der Waals surface area contributed by atoms with Crippen LogP contribution in [0.15, 0.2) is 55.0 Å². The van der Waals surface area contributed by atoms with E-state index < -0.39 is 0 Å². The molecule has 0 saturated carbocycles. The minimum atomic E-state index is -0.0157. The number of amides is 1. The maximum Gasteiger partial charge on any atom is 0.238 e. The molecule has 8 heteroatoms. The molecule has 4 rings (SSSR count). The number of hydrogen-bond donors (Lipinski definition) is 2. The first kappa shape index (κ1) is 21.7. The van der Waals surface area contributed by atoms with Gasteiger partial charge < -0.3 is 15.4 Å². The molecule has 1 aromatic carbocycles. The summed E-state index contributed by atoms with van der Waals surface area (Å²) in [5, 5.41) is 6.27. The summed E-state index contributed by atoms with van der Waals surface area (Å²) >= 11 is 0. The molecule has 0 bridgehead atoms. The van der Waals surface area contributed by atoms with Gasteiger partial charge in [0.2, 0.25) is 5.91 Å². The Labute approximate surface area is 188 Å². The van der Waals surface area contributed by atoms with E-state index in [-0.39, 0.29) is 11.8 Å². The van der Waals surface area contributed by atoms with Crippen molar-refractivity contribution in [3.63, 3.8) is 0 Å². The van der Waals surface area contributed by atoms with Crippen molar-refractivity contribution in [2.75, 3.05) is 37.4 Å². The Bertz CT molecular complexity index is 1040. The third-order valence-corrected chi connectivity index (χ3v) is 5.47. The lowest BCUT2D eigenvalue weighted by molar-refractivity contribution is -0.117. The van der Waals surface area contributed by atoms with Crippen LogP contribution < -0.4 is 15.4 Å². The molecule has 0 unspecified atom stereocenters. The van der Waals surface area contributed by atoms with E-state index in [0.29, 0.717) is 12.4 Å². The van der Waals surface area contributed by atoms with Crippen LogP contribution in [0.2, 0.25) is 0 Å². The van der Waals surface area contributed by atoms with Crippen LogP contribution in [0, 0.1) is 6.92 Å². The molecule has 32 heavy (non-hydrogen) atoms. The monoisotopic (exact) mass is 432 g/mol. The van der Waals surface area contributed by atoms with E-state index in [1.807, 2.05) is 37.3 Å². The highest BCUT2D eigenvalue weighted by molar-refractivity contribution is 5.92. The standard InChI is InChI=1S/C24H28N6O2/c1-17-12-20(28-23-14-25-9-10-26-23)13-22(27-17)18-4-3-11-30(15-18)16-24(31)29-19-5-7-21(32-2)8-6-19/h5-10,12-14,18H,3-4,11,15-16H2,1-2H3,(H,29,31)(H,26,27,28)/t18-/m0/s1. The number of methoxy groups -OCH3 is 1. The average molecular weight is 433 g/mol. The number of ether oxygens (including phenoxy) is 1. The molecule has 1 fully saturated rings. The Balaban J connectivity index is 1.38. The number of pyridine rings is 1. The number of aryl methyl sites for hydroxylation is 1. The fourth-order valence-electron chi connectivity index (χ4n) is 4.01. The van der Waals surface area contributed by atoms with Gasteiger partial charge in [-0.1, -0.05) is 0 Å². The van der Waals surface area contributed by atoms with Gasteiger partial charge in [0.15, 0.2) is 0 Å². The second kappa shape index (κ2) is 10.2. The molecule has 1 aliphatic heterocycles. The largest absolute Gasteiger partial charge is 0.497 e. The number of carbonyl (C=O) groups is 1. The lowest BCUT2D eigenvalue weighted by Crippen LogP contribution is -2.40. The Morgan fingerprint density at radius 1 is 1.19 bits per heavy atom. The number of anilines is 3. The summed E-state index contributed by atoms with van der Waals surface area (Å²) in [5.74, 6) is 1.73. The van der Waals surface area contributed by atoms with E-state index in [4.69, 9.17) is 9.72 Å². The van der Waals surface area contributed by atoms with Crippen molar-refractivity contribution in [1.29, 1.82) is 0 Å². The van der Waals surface area contributed by atoms with E-state index in [2.05, 4.69) is 31.6 Å². The van der Waals surface area contributed by atoms with Crippen molar-refractivity contribution in [3.8, 4) is 5.75 Å². The van der Waals surface area contributed by atoms with Crippen LogP contribution in [0.1, 0.15) is 30.1 Å². The van der Waals surface area contributed by atoms with Crippen LogP contribution in [-0.4, -0.2) is 52.5 Å². The lowest BCUT2D eigenvalue weighted by atomic mass is 9.93. The molecule has 3 aromatic rings. The molecule has 1 amide bonds. The zero-order valence-electron chi connectivity index (χ0n) is 18.4. The molecule has 3 heterocycles. The molecule has 1 saturated heterocycles. The molecule has 8 nitrogen and oxygen atoms in total. The molecule has 1 aliphatic rings. The van der Waals surface area contributed by atoms with Gasteiger partial charge >= 0.3 is 0 Å². The highest BCUT2D eigenvalue weighted by Crippen LogP contribution is 2.28. The third-order valence-electron chi connectivity index (χ3n) is 5.47. The third kappa shape index (κ3) is 5.79. The minimum Gasteiger partial charge on any atom is -0.497 e. The van der Waals surface area contributed by atoms with Crippen molar-refractivity contribution < 1.29 is 9.53 Å². The van der Waals surface area contributed by atoms with Crippen LogP contribution in [0.4, 0.5) is 17.2 Å². The van der Waals surface area contributed by atoms with Crippen LogP contribution >= 0.6 is 0 Å². The zero-order chi connectivity index (χ0) is 22.3. The lowest BCUT2D eigenvalue weighted by Gasteiger charge is -2.32. The van der Waals surface area contributed by atoms with Crippen molar-refractivity contribution in [2.24, 2.45) is 0 Å². The normalized spacial score (nSPS) is 16.4. The minimum absolute atomic E-state index is 0.0157. The fraction of sp³-hybridized carbons (Fsp3) is 0.333. The van der Waals surface area contributed by atoms with Crippen LogP contribution in [0.25, 0.3) is 0 Å². The van der Waals surface area contributed by atoms with Gasteiger partial charge in [-0.2, -0.15) is 0 Å². The zero-order valence-corrected chi connectivity index (χ0v) is 18.4. The van der Waals surface area contributed by atoms with Gasteiger partial charge in [0.25, 0.3) is 0 Å².